The lowest BCUT2D eigenvalue weighted by Crippen LogP contribution is -2.43. The highest BCUT2D eigenvalue weighted by Gasteiger charge is 2.43. The van der Waals surface area contributed by atoms with Crippen molar-refractivity contribution < 1.29 is 14.0 Å². The highest BCUT2D eigenvalue weighted by molar-refractivity contribution is 5.82. The maximum absolute atomic E-state index is 12.6. The summed E-state index contributed by atoms with van der Waals surface area (Å²) in [4.78, 5) is 26.8. The molecule has 3 atom stereocenters. The molecule has 132 valence electrons. The van der Waals surface area contributed by atoms with Gasteiger partial charge in [-0.15, -0.1) is 0 Å². The van der Waals surface area contributed by atoms with E-state index in [1.807, 2.05) is 21.7 Å². The summed E-state index contributed by atoms with van der Waals surface area (Å²) in [6.07, 6.45) is 4.58. The summed E-state index contributed by atoms with van der Waals surface area (Å²) in [5.74, 6) is 1.49. The van der Waals surface area contributed by atoms with Crippen LogP contribution in [-0.2, 0) is 22.7 Å². The molecule has 7 heteroatoms. The molecule has 0 radical (unpaired) electrons. The Balaban J connectivity index is 1.41. The normalized spacial score (nSPS) is 24.7. The standard InChI is InChI=1S/C18H22N4O3/c1-12-7-16(12)18(24)21-10-13-4-5-20-22(13)14(11-21)8-17(23)19-9-15-3-2-6-25-15/h2-6,12,14,16H,7-11H2,1H3,(H,19,23)/t12-,14+,16-/m1/s1. The first-order valence-corrected chi connectivity index (χ1v) is 8.72. The van der Waals surface area contributed by atoms with Gasteiger partial charge in [-0.3, -0.25) is 14.3 Å². The van der Waals surface area contributed by atoms with Crippen LogP contribution in [0.5, 0.6) is 0 Å². The Hall–Kier alpha value is -2.57. The van der Waals surface area contributed by atoms with Crippen LogP contribution in [0.4, 0.5) is 0 Å². The van der Waals surface area contributed by atoms with Gasteiger partial charge in [0.25, 0.3) is 0 Å². The molecule has 0 aromatic carbocycles. The van der Waals surface area contributed by atoms with E-state index in [0.717, 1.165) is 17.9 Å². The predicted molar refractivity (Wildman–Crippen MR) is 89.1 cm³/mol. The summed E-state index contributed by atoms with van der Waals surface area (Å²) in [5, 5.41) is 7.22. The molecule has 1 fully saturated rings. The van der Waals surface area contributed by atoms with E-state index < -0.39 is 0 Å². The van der Waals surface area contributed by atoms with Gasteiger partial charge in [0.15, 0.2) is 0 Å². The van der Waals surface area contributed by atoms with Crippen molar-refractivity contribution in [2.45, 2.75) is 38.9 Å². The van der Waals surface area contributed by atoms with Crippen molar-refractivity contribution in [3.63, 3.8) is 0 Å². The van der Waals surface area contributed by atoms with Gasteiger partial charge in [-0.2, -0.15) is 5.10 Å². The molecule has 3 heterocycles. The minimum Gasteiger partial charge on any atom is -0.467 e. The van der Waals surface area contributed by atoms with Crippen molar-refractivity contribution in [2.75, 3.05) is 6.54 Å². The molecule has 2 aromatic heterocycles. The molecule has 2 aromatic rings. The summed E-state index contributed by atoms with van der Waals surface area (Å²) in [6.45, 7) is 3.58. The molecule has 25 heavy (non-hydrogen) atoms. The van der Waals surface area contributed by atoms with E-state index >= 15 is 0 Å². The average Bonchev–Trinajstić information content (AvgIpc) is 3.02. The zero-order valence-electron chi connectivity index (χ0n) is 14.2. The van der Waals surface area contributed by atoms with Crippen molar-refractivity contribution in [1.82, 2.24) is 20.0 Å². The first-order valence-electron chi connectivity index (χ1n) is 8.72. The van der Waals surface area contributed by atoms with Crippen molar-refractivity contribution in [3.8, 4) is 0 Å². The first kappa shape index (κ1) is 15.9. The molecular formula is C18H22N4O3. The van der Waals surface area contributed by atoms with Crippen LogP contribution in [0.25, 0.3) is 0 Å². The maximum Gasteiger partial charge on any atom is 0.226 e. The number of nitrogens with one attached hydrogen (secondary N) is 1. The van der Waals surface area contributed by atoms with Crippen molar-refractivity contribution in [1.29, 1.82) is 0 Å². The zero-order valence-corrected chi connectivity index (χ0v) is 14.2. The quantitative estimate of drug-likeness (QED) is 0.897. The Morgan fingerprint density at radius 2 is 2.24 bits per heavy atom. The van der Waals surface area contributed by atoms with Crippen LogP contribution in [0.3, 0.4) is 0 Å². The fourth-order valence-corrected chi connectivity index (χ4v) is 3.49. The fraction of sp³-hybridized carbons (Fsp3) is 0.500. The molecule has 0 spiro atoms. The molecule has 7 nitrogen and oxygen atoms in total. The number of carbonyl (C=O) groups excluding carboxylic acids is 2. The second kappa shape index (κ2) is 6.38. The van der Waals surface area contributed by atoms with E-state index in [2.05, 4.69) is 17.3 Å². The molecule has 1 aliphatic heterocycles. The van der Waals surface area contributed by atoms with Crippen LogP contribution < -0.4 is 5.32 Å². The number of fused-ring (bicyclic) bond motifs is 1. The van der Waals surface area contributed by atoms with Crippen LogP contribution in [0.15, 0.2) is 35.1 Å². The summed E-state index contributed by atoms with van der Waals surface area (Å²) in [7, 11) is 0. The van der Waals surface area contributed by atoms with E-state index in [4.69, 9.17) is 4.42 Å². The van der Waals surface area contributed by atoms with Gasteiger partial charge in [-0.1, -0.05) is 6.92 Å². The molecule has 2 aliphatic rings. The molecule has 1 aliphatic carbocycles. The third-order valence-electron chi connectivity index (χ3n) is 5.08. The van der Waals surface area contributed by atoms with Gasteiger partial charge in [0.05, 0.1) is 37.5 Å². The Morgan fingerprint density at radius 1 is 1.40 bits per heavy atom. The molecular weight excluding hydrogens is 320 g/mol. The van der Waals surface area contributed by atoms with Crippen molar-refractivity contribution in [2.24, 2.45) is 11.8 Å². The van der Waals surface area contributed by atoms with Gasteiger partial charge < -0.3 is 14.6 Å². The van der Waals surface area contributed by atoms with Crippen molar-refractivity contribution >= 4 is 11.8 Å². The van der Waals surface area contributed by atoms with Gasteiger partial charge >= 0.3 is 0 Å². The summed E-state index contributed by atoms with van der Waals surface area (Å²) < 4.78 is 7.11. The van der Waals surface area contributed by atoms with Crippen LogP contribution in [0, 0.1) is 11.8 Å². The zero-order chi connectivity index (χ0) is 17.4. The lowest BCUT2D eigenvalue weighted by Gasteiger charge is -2.34. The third-order valence-corrected chi connectivity index (χ3v) is 5.08. The molecule has 0 saturated heterocycles. The van der Waals surface area contributed by atoms with Crippen molar-refractivity contribution in [3.05, 3.63) is 42.1 Å². The smallest absolute Gasteiger partial charge is 0.226 e. The first-order chi connectivity index (χ1) is 12.1. The van der Waals surface area contributed by atoms with E-state index in [1.165, 1.54) is 0 Å². The highest BCUT2D eigenvalue weighted by atomic mass is 16.3. The second-order valence-corrected chi connectivity index (χ2v) is 7.02. The molecule has 4 rings (SSSR count). The molecule has 0 unspecified atom stereocenters. The SMILES string of the molecule is C[C@@H]1C[C@H]1C(=O)N1Cc2ccnn2[C@@H](CC(=O)NCc2ccco2)C1. The number of hydrogen-bond acceptors (Lipinski definition) is 4. The van der Waals surface area contributed by atoms with Gasteiger partial charge in [0.2, 0.25) is 11.8 Å². The minimum atomic E-state index is -0.131. The second-order valence-electron chi connectivity index (χ2n) is 7.02. The lowest BCUT2D eigenvalue weighted by molar-refractivity contribution is -0.136. The topological polar surface area (TPSA) is 80.4 Å². The lowest BCUT2D eigenvalue weighted by atomic mass is 10.1. The minimum absolute atomic E-state index is 0.0723. The van der Waals surface area contributed by atoms with Crippen LogP contribution in [0.2, 0.25) is 0 Å². The van der Waals surface area contributed by atoms with Gasteiger partial charge in [0, 0.05) is 18.7 Å². The number of nitrogens with zero attached hydrogens (tertiary/aromatic N) is 3. The molecule has 1 N–H and O–H groups in total. The van der Waals surface area contributed by atoms with E-state index in [0.29, 0.717) is 32.0 Å². The van der Waals surface area contributed by atoms with Crippen LogP contribution in [-0.4, -0.2) is 33.0 Å². The number of aromatic nitrogens is 2. The Kier molecular flexibility index (Phi) is 4.07. The summed E-state index contributed by atoms with van der Waals surface area (Å²) in [6, 6.07) is 5.40. The number of hydrogen-bond donors (Lipinski definition) is 1. The monoisotopic (exact) mass is 342 g/mol. The molecule has 2 amide bonds. The number of amides is 2. The number of rotatable bonds is 5. The number of carbonyl (C=O) groups is 2. The third kappa shape index (κ3) is 3.31. The molecule has 0 bridgehead atoms. The maximum atomic E-state index is 12.6. The summed E-state index contributed by atoms with van der Waals surface area (Å²) >= 11 is 0. The largest absolute Gasteiger partial charge is 0.467 e. The average molecular weight is 342 g/mol. The van der Waals surface area contributed by atoms with Gasteiger partial charge in [0.1, 0.15) is 5.76 Å². The van der Waals surface area contributed by atoms with E-state index in [1.54, 1.807) is 18.5 Å². The van der Waals surface area contributed by atoms with Crippen LogP contribution >= 0.6 is 0 Å². The molecule has 1 saturated carbocycles. The van der Waals surface area contributed by atoms with Crippen LogP contribution in [0.1, 0.15) is 37.3 Å². The van der Waals surface area contributed by atoms with E-state index in [-0.39, 0.29) is 23.8 Å². The highest BCUT2D eigenvalue weighted by Crippen LogP contribution is 2.40. The predicted octanol–water partition coefficient (Wildman–Crippen LogP) is 1.72. The van der Waals surface area contributed by atoms with Gasteiger partial charge in [-0.05, 0) is 30.5 Å². The Labute approximate surface area is 146 Å². The summed E-state index contributed by atoms with van der Waals surface area (Å²) in [5.41, 5.74) is 0.983. The number of furan rings is 1. The van der Waals surface area contributed by atoms with E-state index in [9.17, 15) is 9.59 Å². The van der Waals surface area contributed by atoms with Gasteiger partial charge in [-0.25, -0.2) is 0 Å². The Bertz CT molecular complexity index is 767. The fourth-order valence-electron chi connectivity index (χ4n) is 3.49. The Morgan fingerprint density at radius 3 is 2.96 bits per heavy atom.